The van der Waals surface area contributed by atoms with Crippen LogP contribution in [0.25, 0.3) is 0 Å². The highest BCUT2D eigenvalue weighted by Gasteiger charge is 2.33. The van der Waals surface area contributed by atoms with Crippen LogP contribution in [-0.4, -0.2) is 77.3 Å². The predicted octanol–water partition coefficient (Wildman–Crippen LogP) is 2.57. The van der Waals surface area contributed by atoms with Gasteiger partial charge in [0.15, 0.2) is 0 Å². The lowest BCUT2D eigenvalue weighted by molar-refractivity contribution is -0.0000453. The predicted molar refractivity (Wildman–Crippen MR) is 104 cm³/mol. The molecule has 1 unspecified atom stereocenters. The Hall–Kier alpha value is -1.01. The van der Waals surface area contributed by atoms with Crippen LogP contribution in [0.5, 0.6) is 0 Å². The Morgan fingerprint density at radius 3 is 2.58 bits per heavy atom. The maximum absolute atomic E-state index is 13.4. The Bertz CT molecular complexity index is 560. The van der Waals surface area contributed by atoms with Gasteiger partial charge in [-0.25, -0.2) is 4.39 Å². The quantitative estimate of drug-likeness (QED) is 0.841. The van der Waals surface area contributed by atoms with Gasteiger partial charge in [-0.3, -0.25) is 9.80 Å². The van der Waals surface area contributed by atoms with Gasteiger partial charge in [-0.2, -0.15) is 0 Å². The van der Waals surface area contributed by atoms with Crippen LogP contribution in [0.4, 0.5) is 4.39 Å². The first kappa shape index (κ1) is 19.7. The summed E-state index contributed by atoms with van der Waals surface area (Å²) in [5.41, 5.74) is 1.03. The summed E-state index contributed by atoms with van der Waals surface area (Å²) >= 11 is 0. The molecule has 2 heterocycles. The summed E-state index contributed by atoms with van der Waals surface area (Å²) in [6.07, 6.45) is 3.28. The third kappa shape index (κ3) is 5.03. The van der Waals surface area contributed by atoms with Crippen LogP contribution in [0.2, 0.25) is 0 Å². The van der Waals surface area contributed by atoms with Crippen molar-refractivity contribution in [3.05, 3.63) is 35.6 Å². The standard InChI is InChI=1S/C21H34FN3O/c1-17(2)24-9-6-20(7-10-24)25-12-11-23(16-21(25)8-13-26)15-18-4-3-5-19(22)14-18/h3-5,14,17,20-21,26H,6-13,15-16H2,1-2H3. The van der Waals surface area contributed by atoms with Crippen LogP contribution in [0.1, 0.15) is 38.7 Å². The van der Waals surface area contributed by atoms with Crippen LogP contribution < -0.4 is 0 Å². The van der Waals surface area contributed by atoms with E-state index < -0.39 is 0 Å². The van der Waals surface area contributed by atoms with E-state index in [1.54, 1.807) is 12.1 Å². The monoisotopic (exact) mass is 363 g/mol. The number of hydrogen-bond acceptors (Lipinski definition) is 4. The maximum Gasteiger partial charge on any atom is 0.123 e. The molecule has 3 rings (SSSR count). The average Bonchev–Trinajstić information content (AvgIpc) is 2.62. The molecule has 4 nitrogen and oxygen atoms in total. The molecule has 0 radical (unpaired) electrons. The SMILES string of the molecule is CC(C)N1CCC(N2CCN(Cc3cccc(F)c3)CC2CCO)CC1. The zero-order chi connectivity index (χ0) is 18.5. The van der Waals surface area contributed by atoms with E-state index in [0.29, 0.717) is 18.1 Å². The van der Waals surface area contributed by atoms with E-state index in [2.05, 4.69) is 28.5 Å². The Kier molecular flexibility index (Phi) is 7.04. The van der Waals surface area contributed by atoms with E-state index in [1.807, 2.05) is 6.07 Å². The van der Waals surface area contributed by atoms with Crippen molar-refractivity contribution >= 4 is 0 Å². The number of piperidine rings is 1. The summed E-state index contributed by atoms with van der Waals surface area (Å²) in [4.78, 5) is 7.63. The van der Waals surface area contributed by atoms with Crippen molar-refractivity contribution in [2.75, 3.05) is 39.3 Å². The lowest BCUT2D eigenvalue weighted by Gasteiger charge is -2.48. The number of piperazine rings is 1. The minimum absolute atomic E-state index is 0.162. The van der Waals surface area contributed by atoms with Crippen molar-refractivity contribution in [3.8, 4) is 0 Å². The first-order valence-electron chi connectivity index (χ1n) is 10.1. The first-order chi connectivity index (χ1) is 12.6. The van der Waals surface area contributed by atoms with Gasteiger partial charge >= 0.3 is 0 Å². The van der Waals surface area contributed by atoms with Crippen molar-refractivity contribution < 1.29 is 9.50 Å². The van der Waals surface area contributed by atoms with Crippen LogP contribution >= 0.6 is 0 Å². The highest BCUT2D eigenvalue weighted by molar-refractivity contribution is 5.16. The molecule has 2 aliphatic heterocycles. The smallest absolute Gasteiger partial charge is 0.123 e. The zero-order valence-electron chi connectivity index (χ0n) is 16.3. The topological polar surface area (TPSA) is 30.0 Å². The summed E-state index contributed by atoms with van der Waals surface area (Å²) in [6.45, 7) is 11.0. The van der Waals surface area contributed by atoms with E-state index in [-0.39, 0.29) is 12.4 Å². The van der Waals surface area contributed by atoms with Crippen molar-refractivity contribution in [1.29, 1.82) is 0 Å². The average molecular weight is 364 g/mol. The van der Waals surface area contributed by atoms with Crippen LogP contribution in [-0.2, 0) is 6.54 Å². The molecule has 1 N–H and O–H groups in total. The van der Waals surface area contributed by atoms with E-state index in [4.69, 9.17) is 0 Å². The fourth-order valence-electron chi connectivity index (χ4n) is 4.59. The molecule has 1 aromatic rings. The second-order valence-electron chi connectivity index (χ2n) is 8.13. The number of halogens is 1. The number of benzene rings is 1. The van der Waals surface area contributed by atoms with Crippen LogP contribution in [0, 0.1) is 5.82 Å². The van der Waals surface area contributed by atoms with Crippen molar-refractivity contribution in [2.24, 2.45) is 0 Å². The van der Waals surface area contributed by atoms with Gasteiger partial charge < -0.3 is 10.0 Å². The fourth-order valence-corrected chi connectivity index (χ4v) is 4.59. The molecule has 5 heteroatoms. The number of nitrogens with zero attached hydrogens (tertiary/aromatic N) is 3. The van der Waals surface area contributed by atoms with Gasteiger partial charge in [-0.1, -0.05) is 12.1 Å². The molecule has 2 saturated heterocycles. The third-order valence-corrected chi connectivity index (χ3v) is 6.07. The third-order valence-electron chi connectivity index (χ3n) is 6.07. The minimum atomic E-state index is -0.162. The summed E-state index contributed by atoms with van der Waals surface area (Å²) in [7, 11) is 0. The first-order valence-corrected chi connectivity index (χ1v) is 10.1. The van der Waals surface area contributed by atoms with Crippen molar-refractivity contribution in [1.82, 2.24) is 14.7 Å². The maximum atomic E-state index is 13.4. The summed E-state index contributed by atoms with van der Waals surface area (Å²) in [6, 6.07) is 8.59. The number of aliphatic hydroxyl groups excluding tert-OH is 1. The molecule has 0 aromatic heterocycles. The molecule has 1 aromatic carbocycles. The number of likely N-dealkylation sites (tertiary alicyclic amines) is 1. The highest BCUT2D eigenvalue weighted by Crippen LogP contribution is 2.25. The largest absolute Gasteiger partial charge is 0.396 e. The summed E-state index contributed by atoms with van der Waals surface area (Å²) < 4.78 is 13.4. The van der Waals surface area contributed by atoms with Crippen molar-refractivity contribution in [2.45, 2.75) is 57.8 Å². The van der Waals surface area contributed by atoms with Gasteiger partial charge in [0.2, 0.25) is 0 Å². The molecule has 26 heavy (non-hydrogen) atoms. The molecule has 0 aliphatic carbocycles. The lowest BCUT2D eigenvalue weighted by Crippen LogP contribution is -2.58. The van der Waals surface area contributed by atoms with E-state index in [1.165, 1.54) is 32.0 Å². The molecular weight excluding hydrogens is 329 g/mol. The van der Waals surface area contributed by atoms with Crippen LogP contribution in [0.15, 0.2) is 24.3 Å². The van der Waals surface area contributed by atoms with Crippen LogP contribution in [0.3, 0.4) is 0 Å². The van der Waals surface area contributed by atoms with E-state index >= 15 is 0 Å². The van der Waals surface area contributed by atoms with Crippen molar-refractivity contribution in [3.63, 3.8) is 0 Å². The Morgan fingerprint density at radius 2 is 1.92 bits per heavy atom. The minimum Gasteiger partial charge on any atom is -0.396 e. The summed E-state index contributed by atoms with van der Waals surface area (Å²) in [5.74, 6) is -0.162. The van der Waals surface area contributed by atoms with E-state index in [9.17, 15) is 9.50 Å². The molecular formula is C21H34FN3O. The fraction of sp³-hybridized carbons (Fsp3) is 0.714. The normalized spacial score (nSPS) is 24.4. The molecule has 146 valence electrons. The lowest BCUT2D eigenvalue weighted by atomic mass is 9.97. The molecule has 1 atom stereocenters. The van der Waals surface area contributed by atoms with E-state index in [0.717, 1.165) is 38.2 Å². The molecule has 0 saturated carbocycles. The molecule has 0 bridgehead atoms. The highest BCUT2D eigenvalue weighted by atomic mass is 19.1. The molecule has 2 aliphatic rings. The van der Waals surface area contributed by atoms with Gasteiger partial charge in [0, 0.05) is 50.9 Å². The molecule has 0 amide bonds. The zero-order valence-corrected chi connectivity index (χ0v) is 16.3. The number of rotatable bonds is 6. The number of aliphatic hydroxyl groups is 1. The Labute approximate surface area is 157 Å². The van der Waals surface area contributed by atoms with Gasteiger partial charge in [-0.05, 0) is 63.9 Å². The van der Waals surface area contributed by atoms with Gasteiger partial charge in [0.25, 0.3) is 0 Å². The second-order valence-corrected chi connectivity index (χ2v) is 8.13. The second kappa shape index (κ2) is 9.27. The summed E-state index contributed by atoms with van der Waals surface area (Å²) in [5, 5.41) is 9.56. The Morgan fingerprint density at radius 1 is 1.15 bits per heavy atom. The van der Waals surface area contributed by atoms with Gasteiger partial charge in [0.1, 0.15) is 5.82 Å². The van der Waals surface area contributed by atoms with Gasteiger partial charge in [-0.15, -0.1) is 0 Å². The van der Waals surface area contributed by atoms with Gasteiger partial charge in [0.05, 0.1) is 0 Å². The number of hydrogen-bond donors (Lipinski definition) is 1. The Balaban J connectivity index is 1.58. The molecule has 0 spiro atoms. The molecule has 2 fully saturated rings.